The zero-order valence-electron chi connectivity index (χ0n) is 12.7. The number of ether oxygens (including phenoxy) is 1. The van der Waals surface area contributed by atoms with Crippen molar-refractivity contribution in [2.75, 3.05) is 26.7 Å². The Kier molecular flexibility index (Phi) is 5.98. The largest absolute Gasteiger partial charge is 0.494 e. The number of carbonyl (C=O) groups is 1. The summed E-state index contributed by atoms with van der Waals surface area (Å²) >= 11 is 0. The van der Waals surface area contributed by atoms with E-state index in [4.69, 9.17) is 9.84 Å². The highest BCUT2D eigenvalue weighted by atomic mass is 16.5. The van der Waals surface area contributed by atoms with Crippen LogP contribution in [0.3, 0.4) is 0 Å². The van der Waals surface area contributed by atoms with Crippen LogP contribution >= 0.6 is 0 Å². The summed E-state index contributed by atoms with van der Waals surface area (Å²) in [5, 5.41) is 8.68. The Balaban J connectivity index is 1.83. The molecule has 0 unspecified atom stereocenters. The van der Waals surface area contributed by atoms with E-state index in [1.54, 1.807) is 11.9 Å². The number of likely N-dealkylation sites (N-methyl/N-ethyl adjacent to an activating group) is 1. The van der Waals surface area contributed by atoms with E-state index in [0.29, 0.717) is 13.2 Å². The minimum atomic E-state index is -0.806. The minimum absolute atomic E-state index is 0.0590. The van der Waals surface area contributed by atoms with Gasteiger partial charge in [-0.2, -0.15) is 0 Å². The van der Waals surface area contributed by atoms with Crippen LogP contribution in [0, 0.1) is 0 Å². The standard InChI is InChI=1S/C18H21NO3/c1-19(14-18(20)21)11-6-12-22-17-10-5-9-16(13-17)15-7-3-2-4-8-15/h2-5,7-10,13H,6,11-12,14H2,1H3,(H,20,21). The summed E-state index contributed by atoms with van der Waals surface area (Å²) < 4.78 is 5.75. The topological polar surface area (TPSA) is 49.8 Å². The first-order chi connectivity index (χ1) is 10.6. The maximum absolute atomic E-state index is 10.6. The Hall–Kier alpha value is -2.33. The molecule has 4 nitrogen and oxygen atoms in total. The van der Waals surface area contributed by atoms with Gasteiger partial charge in [0, 0.05) is 6.54 Å². The van der Waals surface area contributed by atoms with Gasteiger partial charge in [0.2, 0.25) is 0 Å². The van der Waals surface area contributed by atoms with E-state index in [9.17, 15) is 4.79 Å². The van der Waals surface area contributed by atoms with E-state index >= 15 is 0 Å². The quantitative estimate of drug-likeness (QED) is 0.761. The van der Waals surface area contributed by atoms with Crippen molar-refractivity contribution in [1.82, 2.24) is 4.90 Å². The number of hydrogen-bond donors (Lipinski definition) is 1. The number of aliphatic carboxylic acids is 1. The van der Waals surface area contributed by atoms with Gasteiger partial charge in [-0.05, 0) is 36.7 Å². The second kappa shape index (κ2) is 8.20. The summed E-state index contributed by atoms with van der Waals surface area (Å²) in [4.78, 5) is 12.3. The molecule has 0 aliphatic carbocycles. The first-order valence-electron chi connectivity index (χ1n) is 7.34. The van der Waals surface area contributed by atoms with Crippen molar-refractivity contribution in [2.24, 2.45) is 0 Å². The summed E-state index contributed by atoms with van der Waals surface area (Å²) in [6.07, 6.45) is 0.791. The highest BCUT2D eigenvalue weighted by molar-refractivity contribution is 5.69. The molecule has 2 aromatic rings. The maximum Gasteiger partial charge on any atom is 0.317 e. The number of benzene rings is 2. The Bertz CT molecular complexity index is 598. The fraction of sp³-hybridized carbons (Fsp3) is 0.278. The van der Waals surface area contributed by atoms with Crippen LogP contribution in [-0.2, 0) is 4.79 Å². The molecule has 0 fully saturated rings. The first-order valence-corrected chi connectivity index (χ1v) is 7.34. The van der Waals surface area contributed by atoms with E-state index in [-0.39, 0.29) is 6.54 Å². The number of rotatable bonds is 8. The third-order valence-corrected chi connectivity index (χ3v) is 3.30. The van der Waals surface area contributed by atoms with E-state index in [1.165, 1.54) is 0 Å². The smallest absolute Gasteiger partial charge is 0.317 e. The zero-order valence-corrected chi connectivity index (χ0v) is 12.7. The van der Waals surface area contributed by atoms with Gasteiger partial charge in [-0.1, -0.05) is 42.5 Å². The van der Waals surface area contributed by atoms with Crippen LogP contribution in [0.25, 0.3) is 11.1 Å². The summed E-state index contributed by atoms with van der Waals surface area (Å²) in [6, 6.07) is 18.2. The summed E-state index contributed by atoms with van der Waals surface area (Å²) in [6.45, 7) is 1.33. The first kappa shape index (κ1) is 16.0. The maximum atomic E-state index is 10.6. The van der Waals surface area contributed by atoms with Crippen molar-refractivity contribution in [1.29, 1.82) is 0 Å². The summed E-state index contributed by atoms with van der Waals surface area (Å²) in [5.74, 6) is 0.0289. The predicted molar refractivity (Wildman–Crippen MR) is 87.1 cm³/mol. The molecule has 2 rings (SSSR count). The fourth-order valence-electron chi connectivity index (χ4n) is 2.23. The third-order valence-electron chi connectivity index (χ3n) is 3.30. The molecule has 0 saturated heterocycles. The molecule has 0 radical (unpaired) electrons. The second-order valence-electron chi connectivity index (χ2n) is 5.23. The molecule has 0 atom stereocenters. The van der Waals surface area contributed by atoms with Gasteiger partial charge in [-0.25, -0.2) is 0 Å². The Morgan fingerprint density at radius 2 is 1.82 bits per heavy atom. The van der Waals surface area contributed by atoms with Gasteiger partial charge in [0.15, 0.2) is 0 Å². The summed E-state index contributed by atoms with van der Waals surface area (Å²) in [5.41, 5.74) is 2.29. The van der Waals surface area contributed by atoms with Gasteiger partial charge in [-0.3, -0.25) is 9.69 Å². The van der Waals surface area contributed by atoms with Crippen LogP contribution < -0.4 is 4.74 Å². The van der Waals surface area contributed by atoms with E-state index in [0.717, 1.165) is 23.3 Å². The molecule has 0 bridgehead atoms. The molecular weight excluding hydrogens is 278 g/mol. The molecule has 1 N–H and O–H groups in total. The van der Waals surface area contributed by atoms with Gasteiger partial charge in [0.05, 0.1) is 13.2 Å². The predicted octanol–water partition coefficient (Wildman–Crippen LogP) is 3.14. The minimum Gasteiger partial charge on any atom is -0.494 e. The number of carboxylic acids is 1. The highest BCUT2D eigenvalue weighted by Crippen LogP contribution is 2.23. The van der Waals surface area contributed by atoms with Gasteiger partial charge in [0.1, 0.15) is 5.75 Å². The van der Waals surface area contributed by atoms with Gasteiger partial charge in [-0.15, -0.1) is 0 Å². The Morgan fingerprint density at radius 1 is 1.09 bits per heavy atom. The fourth-order valence-corrected chi connectivity index (χ4v) is 2.23. The SMILES string of the molecule is CN(CCCOc1cccc(-c2ccccc2)c1)CC(=O)O. The van der Waals surface area contributed by atoms with Gasteiger partial charge < -0.3 is 9.84 Å². The monoisotopic (exact) mass is 299 g/mol. The highest BCUT2D eigenvalue weighted by Gasteiger charge is 2.04. The van der Waals surface area contributed by atoms with Gasteiger partial charge in [0.25, 0.3) is 0 Å². The normalized spacial score (nSPS) is 10.6. The molecule has 0 saturated carbocycles. The lowest BCUT2D eigenvalue weighted by Crippen LogP contribution is -2.27. The molecule has 0 amide bonds. The average Bonchev–Trinajstić information content (AvgIpc) is 2.52. The lowest BCUT2D eigenvalue weighted by molar-refractivity contribution is -0.138. The van der Waals surface area contributed by atoms with Crippen LogP contribution in [0.5, 0.6) is 5.75 Å². The van der Waals surface area contributed by atoms with Crippen LogP contribution in [0.4, 0.5) is 0 Å². The van der Waals surface area contributed by atoms with E-state index in [1.807, 2.05) is 36.4 Å². The molecule has 2 aromatic carbocycles. The van der Waals surface area contributed by atoms with Crippen molar-refractivity contribution in [2.45, 2.75) is 6.42 Å². The molecule has 116 valence electrons. The lowest BCUT2D eigenvalue weighted by Gasteiger charge is -2.14. The van der Waals surface area contributed by atoms with Crippen LogP contribution in [0.15, 0.2) is 54.6 Å². The van der Waals surface area contributed by atoms with Crippen LogP contribution in [0.1, 0.15) is 6.42 Å². The molecule has 0 aromatic heterocycles. The van der Waals surface area contributed by atoms with Crippen molar-refractivity contribution in [3.8, 4) is 16.9 Å². The molecule has 0 aliphatic rings. The molecule has 0 spiro atoms. The molecule has 0 heterocycles. The van der Waals surface area contributed by atoms with Crippen LogP contribution in [0.2, 0.25) is 0 Å². The number of nitrogens with zero attached hydrogens (tertiary/aromatic N) is 1. The second-order valence-corrected chi connectivity index (χ2v) is 5.23. The van der Waals surface area contributed by atoms with Crippen molar-refractivity contribution in [3.05, 3.63) is 54.6 Å². The van der Waals surface area contributed by atoms with E-state index < -0.39 is 5.97 Å². The Morgan fingerprint density at radius 3 is 2.55 bits per heavy atom. The van der Waals surface area contributed by atoms with Crippen LogP contribution in [-0.4, -0.2) is 42.7 Å². The summed E-state index contributed by atoms with van der Waals surface area (Å²) in [7, 11) is 1.80. The molecule has 22 heavy (non-hydrogen) atoms. The number of carboxylic acid groups (broad SMARTS) is 1. The Labute approximate surface area is 131 Å². The van der Waals surface area contributed by atoms with Gasteiger partial charge >= 0.3 is 5.97 Å². The van der Waals surface area contributed by atoms with E-state index in [2.05, 4.69) is 18.2 Å². The van der Waals surface area contributed by atoms with Crippen molar-refractivity contribution >= 4 is 5.97 Å². The molecular formula is C18H21NO3. The zero-order chi connectivity index (χ0) is 15.8. The third kappa shape index (κ3) is 5.22. The molecule has 4 heteroatoms. The average molecular weight is 299 g/mol. The van der Waals surface area contributed by atoms with Crippen molar-refractivity contribution < 1.29 is 14.6 Å². The molecule has 0 aliphatic heterocycles. The van der Waals surface area contributed by atoms with Crippen molar-refractivity contribution in [3.63, 3.8) is 0 Å². The number of hydrogen-bond acceptors (Lipinski definition) is 3. The lowest BCUT2D eigenvalue weighted by atomic mass is 10.1.